The number of rotatable bonds is 6. The molecule has 3 heterocycles. The van der Waals surface area contributed by atoms with Gasteiger partial charge in [-0.05, 0) is 12.1 Å². The predicted octanol–water partition coefficient (Wildman–Crippen LogP) is 1.54. The van der Waals surface area contributed by atoms with E-state index < -0.39 is 15.1 Å². The maximum absolute atomic E-state index is 12.1. The molecule has 1 aliphatic rings. The minimum absolute atomic E-state index is 0.0785. The van der Waals surface area contributed by atoms with Gasteiger partial charge in [-0.25, -0.2) is 14.2 Å². The topological polar surface area (TPSA) is 142 Å². The van der Waals surface area contributed by atoms with Gasteiger partial charge in [-0.3, -0.25) is 4.99 Å². The summed E-state index contributed by atoms with van der Waals surface area (Å²) >= 11 is 0. The molecule has 0 unspecified atom stereocenters. The molecule has 0 aliphatic carbocycles. The summed E-state index contributed by atoms with van der Waals surface area (Å²) in [5.74, 6) is 1.92. The zero-order valence-electron chi connectivity index (χ0n) is 17.4. The highest BCUT2D eigenvalue weighted by Crippen LogP contribution is 2.42. The molecule has 1 aliphatic heterocycles. The lowest BCUT2D eigenvalue weighted by Gasteiger charge is -2.23. The second-order valence-corrected chi connectivity index (χ2v) is 10.0. The van der Waals surface area contributed by atoms with E-state index in [1.807, 2.05) is 17.9 Å². The molecule has 160 valence electrons. The average molecular weight is 431 g/mol. The Bertz CT molecular complexity index is 1120. The molecule has 4 N–H and O–H groups in total. The fourth-order valence-corrected chi connectivity index (χ4v) is 3.67. The van der Waals surface area contributed by atoms with Gasteiger partial charge in [0.2, 0.25) is 5.95 Å². The summed E-state index contributed by atoms with van der Waals surface area (Å²) in [7, 11) is -0.710. The number of hydrogen-bond acceptors (Lipinski definition) is 10. The van der Waals surface area contributed by atoms with Crippen molar-refractivity contribution < 1.29 is 9.32 Å². The lowest BCUT2D eigenvalue weighted by Crippen LogP contribution is -2.32. The zero-order chi connectivity index (χ0) is 21.9. The van der Waals surface area contributed by atoms with Gasteiger partial charge >= 0.3 is 0 Å². The van der Waals surface area contributed by atoms with Crippen LogP contribution < -0.4 is 16.0 Å². The molecular weight excluding hydrogens is 404 g/mol. The first-order valence-electron chi connectivity index (χ1n) is 9.20. The lowest BCUT2D eigenvalue weighted by atomic mass is 9.87. The van der Waals surface area contributed by atoms with Crippen LogP contribution >= 0.6 is 0 Å². The van der Waals surface area contributed by atoms with Crippen molar-refractivity contribution in [3.05, 3.63) is 41.9 Å². The lowest BCUT2D eigenvalue weighted by molar-refractivity contribution is 0.216. The summed E-state index contributed by atoms with van der Waals surface area (Å²) in [4.78, 5) is 19.4. The number of anilines is 3. The molecule has 0 spiro atoms. The second kappa shape index (κ2) is 8.36. The van der Waals surface area contributed by atoms with Crippen molar-refractivity contribution >= 4 is 39.3 Å². The van der Waals surface area contributed by atoms with Crippen LogP contribution in [0, 0.1) is 0 Å². The fourth-order valence-electron chi connectivity index (χ4n) is 3.12. The van der Waals surface area contributed by atoms with Crippen molar-refractivity contribution in [2.45, 2.75) is 12.3 Å². The van der Waals surface area contributed by atoms with Gasteiger partial charge in [0.1, 0.15) is 11.6 Å². The summed E-state index contributed by atoms with van der Waals surface area (Å²) in [6.07, 6.45) is 7.74. The fraction of sp³-hybridized carbons (Fsp3) is 0.368. The Hall–Kier alpha value is -3.05. The van der Waals surface area contributed by atoms with E-state index in [0.29, 0.717) is 35.6 Å². The van der Waals surface area contributed by atoms with E-state index in [1.165, 1.54) is 6.20 Å². The van der Waals surface area contributed by atoms with Crippen LogP contribution in [-0.4, -0.2) is 63.2 Å². The number of nitrogens with zero attached hydrogens (tertiary/aromatic N) is 6. The molecule has 1 atom stereocenters. The Balaban J connectivity index is 2.07. The van der Waals surface area contributed by atoms with E-state index >= 15 is 0 Å². The molecule has 11 heteroatoms. The molecular formula is C19H26N8O2S. The summed E-state index contributed by atoms with van der Waals surface area (Å²) in [6, 6.07) is 5.32. The highest BCUT2D eigenvalue weighted by Gasteiger charge is 2.41. The Kier molecular flexibility index (Phi) is 6.04. The van der Waals surface area contributed by atoms with Gasteiger partial charge in [0.05, 0.1) is 12.3 Å². The van der Waals surface area contributed by atoms with E-state index in [4.69, 9.17) is 5.73 Å². The molecule has 10 nitrogen and oxygen atoms in total. The maximum Gasteiger partial charge on any atom is 0.229 e. The van der Waals surface area contributed by atoms with Crippen molar-refractivity contribution in [1.82, 2.24) is 15.0 Å². The highest BCUT2D eigenvalue weighted by molar-refractivity contribution is 7.92. The number of pyridine rings is 1. The number of nitrogens with two attached hydrogens (primary N) is 1. The van der Waals surface area contributed by atoms with Gasteiger partial charge in [-0.2, -0.15) is 9.35 Å². The van der Waals surface area contributed by atoms with Gasteiger partial charge in [0, 0.05) is 65.4 Å². The Labute approximate surface area is 176 Å². The summed E-state index contributed by atoms with van der Waals surface area (Å²) in [5.41, 5.74) is 6.39. The van der Waals surface area contributed by atoms with E-state index in [2.05, 4.69) is 29.6 Å². The minimum atomic E-state index is -2.35. The number of hydrogen-bond donors (Lipinski definition) is 3. The van der Waals surface area contributed by atoms with E-state index in [0.717, 1.165) is 5.56 Å². The van der Waals surface area contributed by atoms with Crippen LogP contribution in [0.1, 0.15) is 12.5 Å². The van der Waals surface area contributed by atoms with Crippen molar-refractivity contribution in [2.24, 2.45) is 15.1 Å². The van der Waals surface area contributed by atoms with Gasteiger partial charge < -0.3 is 21.1 Å². The highest BCUT2D eigenvalue weighted by atomic mass is 32.2. The van der Waals surface area contributed by atoms with E-state index in [1.54, 1.807) is 44.1 Å². The Morgan fingerprint density at radius 3 is 2.83 bits per heavy atom. The molecule has 2 aromatic rings. The number of aliphatic hydroxyl groups excluding tert-OH is 1. The third kappa shape index (κ3) is 4.57. The monoisotopic (exact) mass is 430 g/mol. The standard InChI is InChI=1S/C19H26N8O2S/c1-19(12-28)11-27(16-7-5-6-15(24-16)26-30(3,4)29)17-14(19)10-22-18(25-17)23-13(8-20)9-21-2/h5-10,28H,11-12,20H2,1-4H3,(H,22,23,25)/b13-8+,21-9?/t19-/m0/s1. The zero-order valence-corrected chi connectivity index (χ0v) is 18.2. The number of nitrogens with one attached hydrogen (secondary N) is 1. The molecule has 0 bridgehead atoms. The van der Waals surface area contributed by atoms with Crippen molar-refractivity contribution in [3.63, 3.8) is 0 Å². The van der Waals surface area contributed by atoms with Gasteiger partial charge in [-0.15, -0.1) is 0 Å². The number of aromatic nitrogens is 3. The molecule has 30 heavy (non-hydrogen) atoms. The van der Waals surface area contributed by atoms with Crippen LogP contribution in [0.4, 0.5) is 23.4 Å². The Morgan fingerprint density at radius 2 is 2.20 bits per heavy atom. The third-order valence-electron chi connectivity index (χ3n) is 4.54. The average Bonchev–Trinajstić information content (AvgIpc) is 2.99. The first-order chi connectivity index (χ1) is 14.2. The first-order valence-corrected chi connectivity index (χ1v) is 11.5. The third-order valence-corrected chi connectivity index (χ3v) is 5.17. The van der Waals surface area contributed by atoms with Gasteiger partial charge in [0.15, 0.2) is 5.82 Å². The van der Waals surface area contributed by atoms with Crippen molar-refractivity contribution in [2.75, 3.05) is 42.9 Å². The molecule has 0 fully saturated rings. The van der Waals surface area contributed by atoms with E-state index in [-0.39, 0.29) is 6.61 Å². The van der Waals surface area contributed by atoms with Gasteiger partial charge in [0.25, 0.3) is 0 Å². The van der Waals surface area contributed by atoms with Gasteiger partial charge in [-0.1, -0.05) is 13.0 Å². The maximum atomic E-state index is 12.1. The van der Waals surface area contributed by atoms with Crippen LogP contribution in [0.5, 0.6) is 0 Å². The molecule has 0 saturated heterocycles. The van der Waals surface area contributed by atoms with Crippen LogP contribution in [0.15, 0.2) is 45.6 Å². The number of aliphatic imine (C=N–C) groups is 1. The van der Waals surface area contributed by atoms with Crippen molar-refractivity contribution in [3.8, 4) is 0 Å². The molecule has 0 amide bonds. The second-order valence-electron chi connectivity index (χ2n) is 7.50. The number of fused-ring (bicyclic) bond motifs is 1. The molecule has 0 saturated carbocycles. The predicted molar refractivity (Wildman–Crippen MR) is 120 cm³/mol. The first kappa shape index (κ1) is 21.7. The normalized spacial score (nSPS) is 19.2. The van der Waals surface area contributed by atoms with Crippen LogP contribution in [0.3, 0.4) is 0 Å². The molecule has 0 radical (unpaired) electrons. The van der Waals surface area contributed by atoms with Crippen LogP contribution in [0.25, 0.3) is 0 Å². The minimum Gasteiger partial charge on any atom is -0.403 e. The molecule has 0 aromatic carbocycles. The van der Waals surface area contributed by atoms with Crippen molar-refractivity contribution in [1.29, 1.82) is 0 Å². The van der Waals surface area contributed by atoms with Crippen LogP contribution in [0.2, 0.25) is 0 Å². The summed E-state index contributed by atoms with van der Waals surface area (Å²) < 4.78 is 16.2. The number of aliphatic hydroxyl groups is 1. The van der Waals surface area contributed by atoms with E-state index in [9.17, 15) is 9.32 Å². The Morgan fingerprint density at radius 1 is 1.43 bits per heavy atom. The largest absolute Gasteiger partial charge is 0.403 e. The van der Waals surface area contributed by atoms with Crippen LogP contribution in [-0.2, 0) is 15.1 Å². The SMILES string of the molecule is CN=C/C(=C\N)Nc1ncc2c(n1)N(c1cccc(N=S(C)(C)=O)n1)C[C@@]2(C)CO. The smallest absolute Gasteiger partial charge is 0.229 e. The summed E-state index contributed by atoms with van der Waals surface area (Å²) in [6.45, 7) is 2.32. The molecule has 3 rings (SSSR count). The quantitative estimate of drug-likeness (QED) is 0.586. The molecule has 2 aromatic heterocycles. The summed E-state index contributed by atoms with van der Waals surface area (Å²) in [5, 5.41) is 13.1. The number of allylic oxidation sites excluding steroid dienone is 1.